The second-order valence-corrected chi connectivity index (χ2v) is 7.73. The number of amides is 1. The van der Waals surface area contributed by atoms with Crippen LogP contribution in [0.15, 0.2) is 24.3 Å². The number of hydrogen-bond donors (Lipinski definition) is 0. The highest BCUT2D eigenvalue weighted by Gasteiger charge is 2.40. The fraction of sp³-hybridized carbons (Fsp3) is 0.476. The third-order valence-electron chi connectivity index (χ3n) is 6.10. The van der Waals surface area contributed by atoms with Gasteiger partial charge in [-0.25, -0.2) is 4.68 Å². The zero-order valence-corrected chi connectivity index (χ0v) is 16.5. The fourth-order valence-electron chi connectivity index (χ4n) is 4.52. The lowest BCUT2D eigenvalue weighted by Crippen LogP contribution is -2.48. The van der Waals surface area contributed by atoms with E-state index in [4.69, 9.17) is 14.6 Å². The molecule has 2 atom stereocenters. The summed E-state index contributed by atoms with van der Waals surface area (Å²) in [6.45, 7) is 3.55. The Morgan fingerprint density at radius 2 is 2.03 bits per heavy atom. The number of hydrogen-bond acceptors (Lipinski definition) is 6. The van der Waals surface area contributed by atoms with Crippen molar-refractivity contribution in [2.45, 2.75) is 25.5 Å². The molecule has 8 nitrogen and oxygen atoms in total. The summed E-state index contributed by atoms with van der Waals surface area (Å²) in [7, 11) is 1.63. The first-order chi connectivity index (χ1) is 14.2. The summed E-state index contributed by atoms with van der Waals surface area (Å²) >= 11 is 0. The molecule has 3 saturated heterocycles. The van der Waals surface area contributed by atoms with Gasteiger partial charge in [0.25, 0.3) is 5.91 Å². The fourth-order valence-corrected chi connectivity index (χ4v) is 4.52. The van der Waals surface area contributed by atoms with Crippen molar-refractivity contribution in [3.63, 3.8) is 0 Å². The Hall–Kier alpha value is -2.71. The van der Waals surface area contributed by atoms with E-state index in [2.05, 4.69) is 4.90 Å². The molecule has 0 radical (unpaired) electrons. The number of ketones is 1. The van der Waals surface area contributed by atoms with Crippen molar-refractivity contribution in [3.05, 3.63) is 41.2 Å². The number of aromatic nitrogens is 2. The SMILES string of the molecule is COc1ccc(-n2nc(C(=O)N3CCN4CC[C@@H]3C(=O)C4)c3c2CCOC3)cc1. The minimum atomic E-state index is -0.340. The smallest absolute Gasteiger partial charge is 0.275 e. The molecule has 1 unspecified atom stereocenters. The summed E-state index contributed by atoms with van der Waals surface area (Å²) in [5.41, 5.74) is 3.12. The molecule has 3 fully saturated rings. The highest BCUT2D eigenvalue weighted by Crippen LogP contribution is 2.28. The third kappa shape index (κ3) is 3.12. The molecule has 6 rings (SSSR count). The van der Waals surface area contributed by atoms with E-state index in [1.165, 1.54) is 0 Å². The Labute approximate surface area is 169 Å². The first-order valence-electron chi connectivity index (χ1n) is 10.0. The Morgan fingerprint density at radius 1 is 1.21 bits per heavy atom. The van der Waals surface area contributed by atoms with E-state index in [-0.39, 0.29) is 17.7 Å². The molecule has 2 bridgehead atoms. The van der Waals surface area contributed by atoms with Gasteiger partial charge in [-0.05, 0) is 30.7 Å². The lowest BCUT2D eigenvalue weighted by Gasteiger charge is -2.30. The number of nitrogens with zero attached hydrogens (tertiary/aromatic N) is 4. The number of methoxy groups -OCH3 is 1. The van der Waals surface area contributed by atoms with E-state index >= 15 is 0 Å². The van der Waals surface area contributed by atoms with E-state index in [0.717, 1.165) is 35.8 Å². The summed E-state index contributed by atoms with van der Waals surface area (Å²) in [4.78, 5) is 29.9. The molecule has 1 aromatic heterocycles. The van der Waals surface area contributed by atoms with Crippen molar-refractivity contribution in [1.82, 2.24) is 19.6 Å². The first-order valence-corrected chi connectivity index (χ1v) is 10.0. The molecule has 4 aliphatic rings. The third-order valence-corrected chi connectivity index (χ3v) is 6.10. The Kier molecular flexibility index (Phi) is 4.60. The van der Waals surface area contributed by atoms with Crippen LogP contribution in [0.2, 0.25) is 0 Å². The summed E-state index contributed by atoms with van der Waals surface area (Å²) in [5.74, 6) is 0.728. The predicted molar refractivity (Wildman–Crippen MR) is 104 cm³/mol. The van der Waals surface area contributed by atoms with Gasteiger partial charge >= 0.3 is 0 Å². The van der Waals surface area contributed by atoms with E-state index in [9.17, 15) is 9.59 Å². The van der Waals surface area contributed by atoms with Crippen LogP contribution in [0.1, 0.15) is 28.2 Å². The van der Waals surface area contributed by atoms with Crippen molar-refractivity contribution >= 4 is 11.7 Å². The van der Waals surface area contributed by atoms with E-state index in [0.29, 0.717) is 44.8 Å². The van der Waals surface area contributed by atoms with Crippen LogP contribution >= 0.6 is 0 Å². The van der Waals surface area contributed by atoms with Gasteiger partial charge < -0.3 is 14.4 Å². The average molecular weight is 396 g/mol. The minimum Gasteiger partial charge on any atom is -0.497 e. The number of fused-ring (bicyclic) bond motifs is 5. The zero-order valence-electron chi connectivity index (χ0n) is 16.5. The number of Topliss-reactive ketones (excluding diaryl/α,β-unsaturated/α-hetero) is 1. The van der Waals surface area contributed by atoms with Gasteiger partial charge in [0.15, 0.2) is 11.5 Å². The largest absolute Gasteiger partial charge is 0.497 e. The summed E-state index contributed by atoms with van der Waals surface area (Å²) in [6.07, 6.45) is 1.39. The first kappa shape index (κ1) is 18.3. The van der Waals surface area contributed by atoms with Crippen molar-refractivity contribution in [2.24, 2.45) is 0 Å². The average Bonchev–Trinajstić information content (AvgIpc) is 2.91. The standard InChI is InChI=1S/C21H24N4O4/c1-28-15-4-2-14(3-5-15)25-17-7-11-29-13-16(17)20(22-25)21(27)24-10-9-23-8-6-18(24)19(26)12-23/h2-5,18H,6-13H2,1H3/t18-/m1/s1. The van der Waals surface area contributed by atoms with Crippen LogP contribution < -0.4 is 4.74 Å². The van der Waals surface area contributed by atoms with Crippen LogP contribution in [0.4, 0.5) is 0 Å². The van der Waals surface area contributed by atoms with E-state index in [1.807, 2.05) is 28.9 Å². The molecule has 8 heteroatoms. The van der Waals surface area contributed by atoms with Gasteiger partial charge in [-0.2, -0.15) is 5.10 Å². The minimum absolute atomic E-state index is 0.127. The monoisotopic (exact) mass is 396 g/mol. The van der Waals surface area contributed by atoms with Crippen LogP contribution in [0.5, 0.6) is 5.75 Å². The van der Waals surface area contributed by atoms with Gasteiger partial charge in [0, 0.05) is 31.6 Å². The lowest BCUT2D eigenvalue weighted by molar-refractivity contribution is -0.125. The topological polar surface area (TPSA) is 76.9 Å². The number of piperidine rings is 1. The Balaban J connectivity index is 1.53. The normalized spacial score (nSPS) is 23.6. The summed E-state index contributed by atoms with van der Waals surface area (Å²) < 4.78 is 12.7. The van der Waals surface area contributed by atoms with Crippen LogP contribution in [-0.2, 0) is 22.6 Å². The van der Waals surface area contributed by atoms with Crippen molar-refractivity contribution in [3.8, 4) is 11.4 Å². The van der Waals surface area contributed by atoms with Crippen molar-refractivity contribution in [2.75, 3.05) is 39.9 Å². The van der Waals surface area contributed by atoms with Crippen LogP contribution in [-0.4, -0.2) is 77.2 Å². The van der Waals surface area contributed by atoms with Gasteiger partial charge in [-0.15, -0.1) is 0 Å². The van der Waals surface area contributed by atoms with Gasteiger partial charge in [0.1, 0.15) is 5.75 Å². The lowest BCUT2D eigenvalue weighted by atomic mass is 10.0. The van der Waals surface area contributed by atoms with Crippen molar-refractivity contribution < 1.29 is 19.1 Å². The molecule has 2 aromatic rings. The maximum atomic E-state index is 13.5. The highest BCUT2D eigenvalue weighted by molar-refractivity contribution is 5.99. The molecule has 0 saturated carbocycles. The van der Waals surface area contributed by atoms with E-state index < -0.39 is 0 Å². The molecule has 0 spiro atoms. The van der Waals surface area contributed by atoms with E-state index in [1.54, 1.807) is 12.0 Å². The second kappa shape index (κ2) is 7.27. The highest BCUT2D eigenvalue weighted by atomic mass is 16.5. The Morgan fingerprint density at radius 3 is 2.79 bits per heavy atom. The van der Waals surface area contributed by atoms with Gasteiger partial charge in [-0.1, -0.05) is 0 Å². The molecule has 152 valence electrons. The number of ether oxygens (including phenoxy) is 2. The van der Waals surface area contributed by atoms with Gasteiger partial charge in [0.2, 0.25) is 0 Å². The van der Waals surface area contributed by atoms with Gasteiger partial charge in [-0.3, -0.25) is 14.5 Å². The molecule has 29 heavy (non-hydrogen) atoms. The van der Waals surface area contributed by atoms with Crippen LogP contribution in [0.3, 0.4) is 0 Å². The maximum Gasteiger partial charge on any atom is 0.275 e. The van der Waals surface area contributed by atoms with Gasteiger partial charge in [0.05, 0.1) is 44.3 Å². The summed E-state index contributed by atoms with van der Waals surface area (Å²) in [6, 6.07) is 7.28. The zero-order chi connectivity index (χ0) is 20.0. The summed E-state index contributed by atoms with van der Waals surface area (Å²) in [5, 5.41) is 4.71. The maximum absolute atomic E-state index is 13.5. The Bertz CT molecular complexity index is 952. The molecule has 4 aliphatic heterocycles. The predicted octanol–water partition coefficient (Wildman–Crippen LogP) is 1.05. The van der Waals surface area contributed by atoms with Crippen LogP contribution in [0.25, 0.3) is 5.69 Å². The molecule has 5 heterocycles. The molecule has 1 aromatic carbocycles. The molecule has 0 aliphatic carbocycles. The molecular weight excluding hydrogens is 372 g/mol. The number of carbonyl (C=O) groups excluding carboxylic acids is 2. The number of carbonyl (C=O) groups is 2. The molecule has 0 N–H and O–H groups in total. The number of benzene rings is 1. The quantitative estimate of drug-likeness (QED) is 0.772. The number of rotatable bonds is 3. The second-order valence-electron chi connectivity index (χ2n) is 7.73. The molecule has 1 amide bonds. The van der Waals surface area contributed by atoms with Crippen LogP contribution in [0, 0.1) is 0 Å². The van der Waals surface area contributed by atoms with Crippen molar-refractivity contribution in [1.29, 1.82) is 0 Å². The molecular formula is C21H24N4O4.